The Morgan fingerprint density at radius 3 is 2.77 bits per heavy atom. The van der Waals surface area contributed by atoms with Gasteiger partial charge in [-0.1, -0.05) is 18.2 Å². The first kappa shape index (κ1) is 20.6. The lowest BCUT2D eigenvalue weighted by atomic mass is 10.2. The number of hydrogen-bond donors (Lipinski definition) is 2. The number of H-pyrrole nitrogens is 1. The van der Waals surface area contributed by atoms with Crippen molar-refractivity contribution in [3.63, 3.8) is 0 Å². The summed E-state index contributed by atoms with van der Waals surface area (Å²) in [5.74, 6) is -0.923. The number of aromatic amines is 1. The van der Waals surface area contributed by atoms with Crippen molar-refractivity contribution in [1.82, 2.24) is 9.97 Å². The number of nitrogens with zero attached hydrogens (tertiary/aromatic N) is 2. The molecule has 0 unspecified atom stereocenters. The van der Waals surface area contributed by atoms with Gasteiger partial charge in [-0.3, -0.25) is 24.5 Å². The summed E-state index contributed by atoms with van der Waals surface area (Å²) in [6.07, 6.45) is 0.0644. The van der Waals surface area contributed by atoms with Crippen LogP contribution in [0.15, 0.2) is 47.3 Å². The highest BCUT2D eigenvalue weighted by molar-refractivity contribution is 5.93. The van der Waals surface area contributed by atoms with Crippen molar-refractivity contribution >= 4 is 34.2 Å². The van der Waals surface area contributed by atoms with Crippen LogP contribution < -0.4 is 10.9 Å². The number of nitrogens with one attached hydrogen (secondary N) is 2. The predicted octanol–water partition coefficient (Wildman–Crippen LogP) is 2.25. The number of hydrogen-bond acceptors (Lipinski definition) is 7. The molecule has 0 bridgehead atoms. The van der Waals surface area contributed by atoms with Gasteiger partial charge >= 0.3 is 5.97 Å². The first-order valence-electron chi connectivity index (χ1n) is 9.02. The average molecular weight is 410 g/mol. The van der Waals surface area contributed by atoms with Crippen molar-refractivity contribution < 1.29 is 19.2 Å². The summed E-state index contributed by atoms with van der Waals surface area (Å²) < 4.78 is 4.93. The van der Waals surface area contributed by atoms with Gasteiger partial charge in [-0.25, -0.2) is 4.98 Å². The molecule has 2 aromatic carbocycles. The highest BCUT2D eigenvalue weighted by Gasteiger charge is 2.13. The Labute approximate surface area is 170 Å². The second-order valence-corrected chi connectivity index (χ2v) is 6.49. The standard InChI is InChI=1S/C20H18N4O6/c1-12-6-7-13(24(28)29)10-16(12)22-18(25)11-30-19(26)9-8-17-21-15-5-3-2-4-14(15)20(27)23-17/h2-7,10H,8-9,11H2,1H3,(H,22,25)(H,21,23,27). The zero-order valence-corrected chi connectivity index (χ0v) is 16.0. The molecule has 0 radical (unpaired) electrons. The Balaban J connectivity index is 1.52. The van der Waals surface area contributed by atoms with Crippen molar-refractivity contribution in [3.8, 4) is 0 Å². The number of benzene rings is 2. The van der Waals surface area contributed by atoms with Crippen LogP contribution in [-0.4, -0.2) is 33.4 Å². The fraction of sp³-hybridized carbons (Fsp3) is 0.200. The van der Waals surface area contributed by atoms with Crippen LogP contribution in [0.2, 0.25) is 0 Å². The average Bonchev–Trinajstić information content (AvgIpc) is 2.72. The minimum atomic E-state index is -0.642. The fourth-order valence-electron chi connectivity index (χ4n) is 2.74. The molecular weight excluding hydrogens is 392 g/mol. The van der Waals surface area contributed by atoms with Gasteiger partial charge in [0.25, 0.3) is 17.2 Å². The number of fused-ring (bicyclic) bond motifs is 1. The van der Waals surface area contributed by atoms with E-state index in [0.717, 1.165) is 0 Å². The molecule has 1 heterocycles. The van der Waals surface area contributed by atoms with E-state index in [0.29, 0.717) is 22.3 Å². The summed E-state index contributed by atoms with van der Waals surface area (Å²) in [5, 5.41) is 13.8. The maximum Gasteiger partial charge on any atom is 0.306 e. The van der Waals surface area contributed by atoms with Crippen LogP contribution in [0.4, 0.5) is 11.4 Å². The second kappa shape index (κ2) is 8.95. The molecule has 0 aliphatic rings. The number of amides is 1. The third-order valence-corrected chi connectivity index (χ3v) is 4.30. The van der Waals surface area contributed by atoms with Gasteiger partial charge in [-0.2, -0.15) is 0 Å². The summed E-state index contributed by atoms with van der Waals surface area (Å²) >= 11 is 0. The summed E-state index contributed by atoms with van der Waals surface area (Å²) in [5.41, 5.74) is 0.964. The lowest BCUT2D eigenvalue weighted by molar-refractivity contribution is -0.384. The number of carbonyl (C=O) groups excluding carboxylic acids is 2. The number of anilines is 1. The number of non-ortho nitro benzene ring substituents is 1. The van der Waals surface area contributed by atoms with Gasteiger partial charge in [0.05, 0.1) is 27.9 Å². The van der Waals surface area contributed by atoms with E-state index in [1.807, 2.05) is 0 Å². The predicted molar refractivity (Wildman–Crippen MR) is 108 cm³/mol. The number of aromatic nitrogens is 2. The van der Waals surface area contributed by atoms with E-state index < -0.39 is 23.4 Å². The van der Waals surface area contributed by atoms with Crippen LogP contribution >= 0.6 is 0 Å². The van der Waals surface area contributed by atoms with E-state index in [1.54, 1.807) is 31.2 Å². The first-order valence-corrected chi connectivity index (χ1v) is 9.02. The molecule has 3 rings (SSSR count). The van der Waals surface area contributed by atoms with Crippen LogP contribution in [0, 0.1) is 17.0 Å². The summed E-state index contributed by atoms with van der Waals surface area (Å²) in [7, 11) is 0. The smallest absolute Gasteiger partial charge is 0.306 e. The molecule has 2 N–H and O–H groups in total. The largest absolute Gasteiger partial charge is 0.456 e. The van der Waals surface area contributed by atoms with E-state index in [-0.39, 0.29) is 29.8 Å². The second-order valence-electron chi connectivity index (χ2n) is 6.49. The van der Waals surface area contributed by atoms with Crippen LogP contribution in [0.5, 0.6) is 0 Å². The molecule has 0 atom stereocenters. The molecule has 30 heavy (non-hydrogen) atoms. The number of carbonyl (C=O) groups is 2. The Morgan fingerprint density at radius 2 is 2.00 bits per heavy atom. The maximum absolute atomic E-state index is 12.0. The molecular formula is C20H18N4O6. The zero-order valence-electron chi connectivity index (χ0n) is 16.0. The number of nitro benzene ring substituents is 1. The maximum atomic E-state index is 12.0. The first-order chi connectivity index (χ1) is 14.3. The summed E-state index contributed by atoms with van der Waals surface area (Å²) in [6.45, 7) is 1.14. The third kappa shape index (κ3) is 5.04. The zero-order chi connectivity index (χ0) is 21.7. The summed E-state index contributed by atoms with van der Waals surface area (Å²) in [4.78, 5) is 53.1. The van der Waals surface area contributed by atoms with Crippen LogP contribution in [0.1, 0.15) is 17.8 Å². The highest BCUT2D eigenvalue weighted by atomic mass is 16.6. The van der Waals surface area contributed by atoms with Gasteiger partial charge < -0.3 is 15.0 Å². The van der Waals surface area contributed by atoms with E-state index in [9.17, 15) is 24.5 Å². The molecule has 0 saturated carbocycles. The number of aryl methyl sites for hydroxylation is 2. The minimum Gasteiger partial charge on any atom is -0.456 e. The molecule has 0 saturated heterocycles. The molecule has 10 nitrogen and oxygen atoms in total. The number of nitro groups is 1. The monoisotopic (exact) mass is 410 g/mol. The van der Waals surface area contributed by atoms with Gasteiger partial charge in [-0.05, 0) is 24.6 Å². The molecule has 0 aliphatic heterocycles. The third-order valence-electron chi connectivity index (χ3n) is 4.30. The molecule has 0 spiro atoms. The number of ether oxygens (including phenoxy) is 1. The van der Waals surface area contributed by atoms with E-state index in [4.69, 9.17) is 4.74 Å². The van der Waals surface area contributed by atoms with Crippen molar-refractivity contribution in [2.75, 3.05) is 11.9 Å². The van der Waals surface area contributed by atoms with Gasteiger partial charge in [0.1, 0.15) is 5.82 Å². The Morgan fingerprint density at radius 1 is 1.23 bits per heavy atom. The fourth-order valence-corrected chi connectivity index (χ4v) is 2.74. The van der Waals surface area contributed by atoms with Crippen molar-refractivity contribution in [2.24, 2.45) is 0 Å². The molecule has 154 valence electrons. The molecule has 0 fully saturated rings. The van der Waals surface area contributed by atoms with Crippen molar-refractivity contribution in [3.05, 3.63) is 74.3 Å². The molecule has 1 amide bonds. The van der Waals surface area contributed by atoms with Crippen molar-refractivity contribution in [1.29, 1.82) is 0 Å². The Bertz CT molecular complexity index is 1190. The van der Waals surface area contributed by atoms with Crippen LogP contribution in [0.25, 0.3) is 10.9 Å². The number of rotatable bonds is 7. The van der Waals surface area contributed by atoms with E-state index >= 15 is 0 Å². The summed E-state index contributed by atoms with van der Waals surface area (Å²) in [6, 6.07) is 10.9. The highest BCUT2D eigenvalue weighted by Crippen LogP contribution is 2.21. The lowest BCUT2D eigenvalue weighted by Crippen LogP contribution is -2.22. The molecule has 0 aliphatic carbocycles. The van der Waals surface area contributed by atoms with Gasteiger partial charge in [0.15, 0.2) is 6.61 Å². The number of para-hydroxylation sites is 1. The van der Waals surface area contributed by atoms with E-state index in [1.165, 1.54) is 18.2 Å². The van der Waals surface area contributed by atoms with Gasteiger partial charge in [0, 0.05) is 18.6 Å². The topological polar surface area (TPSA) is 144 Å². The normalized spacial score (nSPS) is 10.6. The Hall–Kier alpha value is -4.08. The van der Waals surface area contributed by atoms with E-state index in [2.05, 4.69) is 15.3 Å². The van der Waals surface area contributed by atoms with Gasteiger partial charge in [0.2, 0.25) is 0 Å². The minimum absolute atomic E-state index is 0.0790. The van der Waals surface area contributed by atoms with Crippen LogP contribution in [0.3, 0.4) is 0 Å². The molecule has 3 aromatic rings. The molecule has 1 aromatic heterocycles. The SMILES string of the molecule is Cc1ccc([N+](=O)[O-])cc1NC(=O)COC(=O)CCc1nc2ccccc2c(=O)[nH]1. The van der Waals surface area contributed by atoms with Crippen molar-refractivity contribution in [2.45, 2.75) is 19.8 Å². The quantitative estimate of drug-likeness (QED) is 0.345. The number of esters is 1. The lowest BCUT2D eigenvalue weighted by Gasteiger charge is -2.09. The van der Waals surface area contributed by atoms with Gasteiger partial charge in [-0.15, -0.1) is 0 Å². The molecule has 10 heteroatoms. The van der Waals surface area contributed by atoms with Crippen LogP contribution in [-0.2, 0) is 20.7 Å². The Kier molecular flexibility index (Phi) is 6.16.